The summed E-state index contributed by atoms with van der Waals surface area (Å²) in [7, 11) is 1.53. The van der Waals surface area contributed by atoms with E-state index in [9.17, 15) is 19.2 Å². The molecule has 7 nitrogen and oxygen atoms in total. The standard InChI is InChI=1S/C24H27Br2NO6/c1-11(2)8-16(24(31)33-10-17(28)12-4-6-13(32-3)7-5-12)27-22(29)18-14-9-15(19(18)23(27)30)21(26)20(14)25/h4-7,11,14-16,18-21H,8-10H2,1-3H3/t14-,15-,16+,18-,19-,20-,21+/m0/s1. The molecule has 1 saturated heterocycles. The molecular formula is C24H27Br2NO6. The Labute approximate surface area is 209 Å². The van der Waals surface area contributed by atoms with Crippen molar-refractivity contribution in [3.05, 3.63) is 29.8 Å². The molecule has 0 spiro atoms. The number of halogens is 2. The summed E-state index contributed by atoms with van der Waals surface area (Å²) in [6.45, 7) is 3.38. The fraction of sp³-hybridized carbons (Fsp3) is 0.583. The summed E-state index contributed by atoms with van der Waals surface area (Å²) in [4.78, 5) is 53.7. The number of benzene rings is 1. The van der Waals surface area contributed by atoms with Gasteiger partial charge in [-0.25, -0.2) is 4.79 Å². The fourth-order valence-electron chi connectivity index (χ4n) is 5.53. The Kier molecular flexibility index (Phi) is 7.01. The Balaban J connectivity index is 1.48. The highest BCUT2D eigenvalue weighted by Gasteiger charge is 2.67. The highest BCUT2D eigenvalue weighted by molar-refractivity contribution is 9.12. The predicted octanol–water partition coefficient (Wildman–Crippen LogP) is 3.61. The van der Waals surface area contributed by atoms with Gasteiger partial charge in [-0.1, -0.05) is 45.7 Å². The van der Waals surface area contributed by atoms with Gasteiger partial charge in [0.05, 0.1) is 18.9 Å². The largest absolute Gasteiger partial charge is 0.497 e. The average molecular weight is 585 g/mol. The van der Waals surface area contributed by atoms with E-state index in [0.717, 1.165) is 11.3 Å². The maximum atomic E-state index is 13.4. The van der Waals surface area contributed by atoms with Crippen molar-refractivity contribution in [2.75, 3.05) is 13.7 Å². The summed E-state index contributed by atoms with van der Waals surface area (Å²) in [6, 6.07) is 5.47. The molecule has 0 radical (unpaired) electrons. The molecule has 178 valence electrons. The minimum absolute atomic E-state index is 0.0467. The number of nitrogens with zero attached hydrogens (tertiary/aromatic N) is 1. The molecule has 7 atom stereocenters. The van der Waals surface area contributed by atoms with Gasteiger partial charge < -0.3 is 9.47 Å². The lowest BCUT2D eigenvalue weighted by atomic mass is 9.81. The van der Waals surface area contributed by atoms with Crippen LogP contribution in [0.1, 0.15) is 37.0 Å². The second kappa shape index (κ2) is 9.49. The van der Waals surface area contributed by atoms with E-state index in [0.29, 0.717) is 11.3 Å². The van der Waals surface area contributed by atoms with E-state index in [4.69, 9.17) is 9.47 Å². The number of fused-ring (bicyclic) bond motifs is 5. The number of Topliss-reactive ketones (excluding diaryl/α,β-unsaturated/α-hetero) is 1. The summed E-state index contributed by atoms with van der Waals surface area (Å²) < 4.78 is 10.4. The van der Waals surface area contributed by atoms with Crippen LogP contribution < -0.4 is 4.74 Å². The monoisotopic (exact) mass is 583 g/mol. The summed E-state index contributed by atoms with van der Waals surface area (Å²) in [5.41, 5.74) is 0.384. The number of rotatable bonds is 8. The minimum Gasteiger partial charge on any atom is -0.497 e. The smallest absolute Gasteiger partial charge is 0.329 e. The van der Waals surface area contributed by atoms with E-state index in [1.165, 1.54) is 7.11 Å². The molecule has 2 aliphatic carbocycles. The number of esters is 1. The number of ether oxygens (including phenoxy) is 2. The van der Waals surface area contributed by atoms with Gasteiger partial charge in [-0.2, -0.15) is 0 Å². The topological polar surface area (TPSA) is 90.0 Å². The molecule has 2 saturated carbocycles. The molecule has 0 N–H and O–H groups in total. The lowest BCUT2D eigenvalue weighted by Gasteiger charge is -2.28. The van der Waals surface area contributed by atoms with E-state index in [-0.39, 0.29) is 51.4 Å². The summed E-state index contributed by atoms with van der Waals surface area (Å²) >= 11 is 7.35. The summed E-state index contributed by atoms with van der Waals surface area (Å²) in [6.07, 6.45) is 1.11. The molecule has 9 heteroatoms. The van der Waals surface area contributed by atoms with Crippen LogP contribution in [0.5, 0.6) is 5.75 Å². The van der Waals surface area contributed by atoms with Gasteiger partial charge in [-0.15, -0.1) is 0 Å². The number of hydrogen-bond donors (Lipinski definition) is 0. The average Bonchev–Trinajstić information content (AvgIpc) is 3.40. The van der Waals surface area contributed by atoms with Gasteiger partial charge in [0, 0.05) is 15.2 Å². The zero-order chi connectivity index (χ0) is 24.0. The summed E-state index contributed by atoms with van der Waals surface area (Å²) in [5, 5.41) is 0. The van der Waals surface area contributed by atoms with Gasteiger partial charge in [0.25, 0.3) is 0 Å². The van der Waals surface area contributed by atoms with Gasteiger partial charge in [-0.05, 0) is 54.9 Å². The van der Waals surface area contributed by atoms with E-state index in [2.05, 4.69) is 31.9 Å². The van der Waals surface area contributed by atoms with Crippen LogP contribution in [0.25, 0.3) is 0 Å². The van der Waals surface area contributed by atoms with E-state index < -0.39 is 30.5 Å². The number of methoxy groups -OCH3 is 1. The first-order valence-corrected chi connectivity index (χ1v) is 13.0. The summed E-state index contributed by atoms with van der Waals surface area (Å²) in [5.74, 6) is -1.66. The molecule has 2 amide bonds. The second-order valence-electron chi connectivity index (χ2n) is 9.46. The molecule has 2 bridgehead atoms. The molecule has 0 aromatic heterocycles. The van der Waals surface area contributed by atoms with Crippen molar-refractivity contribution in [3.63, 3.8) is 0 Å². The number of hydrogen-bond acceptors (Lipinski definition) is 6. The van der Waals surface area contributed by atoms with Crippen molar-refractivity contribution in [1.29, 1.82) is 0 Å². The van der Waals surface area contributed by atoms with Crippen molar-refractivity contribution in [3.8, 4) is 5.75 Å². The fourth-order valence-corrected chi connectivity index (χ4v) is 7.40. The van der Waals surface area contributed by atoms with Crippen molar-refractivity contribution < 1.29 is 28.7 Å². The highest BCUT2D eigenvalue weighted by Crippen LogP contribution is 2.60. The zero-order valence-electron chi connectivity index (χ0n) is 18.7. The van der Waals surface area contributed by atoms with E-state index in [1.54, 1.807) is 24.3 Å². The van der Waals surface area contributed by atoms with Gasteiger partial charge in [0.15, 0.2) is 12.4 Å². The van der Waals surface area contributed by atoms with Gasteiger partial charge in [-0.3, -0.25) is 19.3 Å². The molecule has 1 aromatic rings. The molecule has 4 rings (SSSR count). The number of carbonyl (C=O) groups excluding carboxylic acids is 4. The highest BCUT2D eigenvalue weighted by atomic mass is 79.9. The number of likely N-dealkylation sites (tertiary alicyclic amines) is 1. The van der Waals surface area contributed by atoms with Crippen LogP contribution >= 0.6 is 31.9 Å². The number of amides is 2. The molecule has 0 unspecified atom stereocenters. The Bertz CT molecular complexity index is 932. The van der Waals surface area contributed by atoms with Crippen molar-refractivity contribution in [2.45, 2.75) is 42.4 Å². The maximum absolute atomic E-state index is 13.4. The molecule has 1 aromatic carbocycles. The minimum atomic E-state index is -1.03. The van der Waals surface area contributed by atoms with Crippen LogP contribution in [-0.2, 0) is 19.1 Å². The number of carbonyl (C=O) groups is 4. The van der Waals surface area contributed by atoms with Crippen molar-refractivity contribution in [1.82, 2.24) is 4.90 Å². The van der Waals surface area contributed by atoms with Gasteiger partial charge in [0.2, 0.25) is 11.8 Å². The maximum Gasteiger partial charge on any atom is 0.329 e. The van der Waals surface area contributed by atoms with Crippen LogP contribution in [0.2, 0.25) is 0 Å². The normalized spacial score (nSPS) is 31.2. The van der Waals surface area contributed by atoms with Crippen LogP contribution in [0, 0.1) is 29.6 Å². The first-order chi connectivity index (χ1) is 15.6. The molecular weight excluding hydrogens is 558 g/mol. The van der Waals surface area contributed by atoms with Crippen LogP contribution in [0.4, 0.5) is 0 Å². The Morgan fingerprint density at radius 2 is 1.58 bits per heavy atom. The molecule has 1 aliphatic heterocycles. The van der Waals surface area contributed by atoms with Gasteiger partial charge in [0.1, 0.15) is 11.8 Å². The van der Waals surface area contributed by atoms with E-state index >= 15 is 0 Å². The quantitative estimate of drug-likeness (QED) is 0.201. The molecule has 1 heterocycles. The third kappa shape index (κ3) is 4.27. The third-order valence-electron chi connectivity index (χ3n) is 7.06. The molecule has 3 aliphatic rings. The van der Waals surface area contributed by atoms with Crippen LogP contribution in [0.3, 0.4) is 0 Å². The Morgan fingerprint density at radius 3 is 2.06 bits per heavy atom. The van der Waals surface area contributed by atoms with Gasteiger partial charge >= 0.3 is 5.97 Å². The first-order valence-electron chi connectivity index (χ1n) is 11.1. The Morgan fingerprint density at radius 1 is 1.03 bits per heavy atom. The van der Waals surface area contributed by atoms with Crippen molar-refractivity contribution >= 4 is 55.4 Å². The number of imide groups is 1. The van der Waals surface area contributed by atoms with Crippen LogP contribution in [-0.4, -0.2) is 57.9 Å². The first kappa shape index (κ1) is 24.4. The van der Waals surface area contributed by atoms with E-state index in [1.807, 2.05) is 13.8 Å². The molecule has 3 fully saturated rings. The van der Waals surface area contributed by atoms with Crippen molar-refractivity contribution in [2.24, 2.45) is 29.6 Å². The SMILES string of the molecule is COc1ccc(C(=O)COC(=O)[C@@H](CC(C)C)N2C(=O)[C@H]3[C@@H]4C[C@H]([C@@H](Br)[C@H]4Br)[C@@H]3C2=O)cc1. The zero-order valence-corrected chi connectivity index (χ0v) is 21.9. The number of ketones is 1. The lowest BCUT2D eigenvalue weighted by molar-refractivity contribution is -0.159. The third-order valence-corrected chi connectivity index (χ3v) is 10.3. The second-order valence-corrected chi connectivity index (χ2v) is 11.6. The molecule has 33 heavy (non-hydrogen) atoms. The Hall–Kier alpha value is -1.74. The predicted molar refractivity (Wildman–Crippen MR) is 127 cm³/mol. The van der Waals surface area contributed by atoms with Crippen LogP contribution in [0.15, 0.2) is 24.3 Å². The number of alkyl halides is 2. The lowest BCUT2D eigenvalue weighted by Crippen LogP contribution is -2.48.